The van der Waals surface area contributed by atoms with E-state index >= 15 is 0 Å². The second-order valence-electron chi connectivity index (χ2n) is 10.8. The van der Waals surface area contributed by atoms with Crippen molar-refractivity contribution in [3.05, 3.63) is 70.8 Å². The summed E-state index contributed by atoms with van der Waals surface area (Å²) in [6.07, 6.45) is 1.70. The number of alkyl carbamates (subject to hydrolysis) is 1. The second-order valence-corrected chi connectivity index (χ2v) is 11.8. The van der Waals surface area contributed by atoms with Crippen LogP contribution < -0.4 is 10.6 Å². The van der Waals surface area contributed by atoms with Gasteiger partial charge >= 0.3 is 6.09 Å². The molecule has 2 unspecified atom stereocenters. The number of rotatable bonds is 11. The third-order valence-electron chi connectivity index (χ3n) is 5.97. The lowest BCUT2D eigenvalue weighted by Gasteiger charge is -2.37. The van der Waals surface area contributed by atoms with Crippen LogP contribution in [-0.2, 0) is 20.9 Å². The fourth-order valence-corrected chi connectivity index (χ4v) is 4.71. The molecule has 2 aromatic rings. The summed E-state index contributed by atoms with van der Waals surface area (Å²) in [7, 11) is 0. The van der Waals surface area contributed by atoms with Crippen molar-refractivity contribution in [2.75, 3.05) is 12.0 Å². The molecule has 0 aliphatic rings. The lowest BCUT2D eigenvalue weighted by molar-refractivity contribution is -0.144. The number of benzene rings is 2. The maximum atomic E-state index is 14.1. The predicted molar refractivity (Wildman–Crippen MR) is 155 cm³/mol. The Kier molecular flexibility index (Phi) is 11.7. The van der Waals surface area contributed by atoms with Crippen LogP contribution in [0.25, 0.3) is 0 Å². The van der Waals surface area contributed by atoms with Crippen LogP contribution in [0.1, 0.15) is 69.3 Å². The van der Waals surface area contributed by atoms with Crippen LogP contribution in [0.5, 0.6) is 0 Å². The van der Waals surface area contributed by atoms with Crippen LogP contribution in [0.4, 0.5) is 4.79 Å². The molecule has 0 heterocycles. The third-order valence-corrected chi connectivity index (χ3v) is 6.61. The predicted octanol–water partition coefficient (Wildman–Crippen LogP) is 5.54. The zero-order chi connectivity index (χ0) is 28.5. The molecule has 8 heteroatoms. The van der Waals surface area contributed by atoms with Crippen molar-refractivity contribution in [1.82, 2.24) is 15.5 Å². The fourth-order valence-electron chi connectivity index (χ4n) is 4.23. The van der Waals surface area contributed by atoms with E-state index in [2.05, 4.69) is 10.6 Å². The first-order valence-corrected chi connectivity index (χ1v) is 14.4. The summed E-state index contributed by atoms with van der Waals surface area (Å²) in [5, 5.41) is 5.81. The standard InChI is InChI=1S/C30H43N3O4S/c1-20(2)33(28(35)25(16-17-38-8)32-29(36)37-30(5,6)7)26(24-15-14-21(3)18-22(24)4)27(34)31-19-23-12-10-9-11-13-23/h9-15,18,20,25-26H,16-17,19H2,1-8H3,(H,31,34)(H,32,36). The molecule has 2 aromatic carbocycles. The van der Waals surface area contributed by atoms with Gasteiger partial charge in [0.25, 0.3) is 0 Å². The Labute approximate surface area is 232 Å². The maximum absolute atomic E-state index is 14.1. The van der Waals surface area contributed by atoms with E-state index in [4.69, 9.17) is 4.74 Å². The quantitative estimate of drug-likeness (QED) is 0.390. The third kappa shape index (κ3) is 9.39. The minimum absolute atomic E-state index is 0.274. The Morgan fingerprint density at radius 2 is 1.68 bits per heavy atom. The Morgan fingerprint density at radius 3 is 2.24 bits per heavy atom. The van der Waals surface area contributed by atoms with E-state index < -0.39 is 23.8 Å². The lowest BCUT2D eigenvalue weighted by Crippen LogP contribution is -2.55. The number of carbonyl (C=O) groups excluding carboxylic acids is 3. The molecule has 0 spiro atoms. The minimum Gasteiger partial charge on any atom is -0.444 e. The Balaban J connectivity index is 2.47. The molecule has 0 bridgehead atoms. The van der Waals surface area contributed by atoms with Crippen molar-refractivity contribution in [3.63, 3.8) is 0 Å². The topological polar surface area (TPSA) is 87.7 Å². The molecule has 2 rings (SSSR count). The molecule has 0 aromatic heterocycles. The zero-order valence-corrected chi connectivity index (χ0v) is 24.8. The Hall–Kier alpha value is -3.00. The molecular weight excluding hydrogens is 498 g/mol. The average Bonchev–Trinajstić information content (AvgIpc) is 2.83. The van der Waals surface area contributed by atoms with Crippen molar-refractivity contribution < 1.29 is 19.1 Å². The molecule has 0 fully saturated rings. The molecule has 0 aliphatic carbocycles. The second kappa shape index (κ2) is 14.2. The summed E-state index contributed by atoms with van der Waals surface area (Å²) < 4.78 is 5.44. The molecule has 208 valence electrons. The molecule has 2 atom stereocenters. The van der Waals surface area contributed by atoms with Gasteiger partial charge in [-0.15, -0.1) is 0 Å². The number of hydrogen-bond donors (Lipinski definition) is 2. The van der Waals surface area contributed by atoms with Gasteiger partial charge in [-0.2, -0.15) is 11.8 Å². The fraction of sp³-hybridized carbons (Fsp3) is 0.500. The van der Waals surface area contributed by atoms with Gasteiger partial charge in [-0.05, 0) is 83.6 Å². The van der Waals surface area contributed by atoms with Crippen LogP contribution >= 0.6 is 11.8 Å². The van der Waals surface area contributed by atoms with Gasteiger partial charge in [-0.25, -0.2) is 4.79 Å². The van der Waals surface area contributed by atoms with Crippen LogP contribution in [0.15, 0.2) is 48.5 Å². The van der Waals surface area contributed by atoms with Gasteiger partial charge in [0.2, 0.25) is 11.8 Å². The Bertz CT molecular complexity index is 1080. The normalized spacial score (nSPS) is 13.0. The van der Waals surface area contributed by atoms with Crippen molar-refractivity contribution >= 4 is 29.7 Å². The largest absolute Gasteiger partial charge is 0.444 e. The summed E-state index contributed by atoms with van der Waals surface area (Å²) in [5.74, 6) is 0.0653. The molecule has 7 nitrogen and oxygen atoms in total. The summed E-state index contributed by atoms with van der Waals surface area (Å²) in [4.78, 5) is 42.2. The monoisotopic (exact) mass is 541 g/mol. The number of amides is 3. The highest BCUT2D eigenvalue weighted by molar-refractivity contribution is 7.98. The highest BCUT2D eigenvalue weighted by Crippen LogP contribution is 2.29. The van der Waals surface area contributed by atoms with Crippen molar-refractivity contribution in [1.29, 1.82) is 0 Å². The number of nitrogens with one attached hydrogen (secondary N) is 2. The van der Waals surface area contributed by atoms with Gasteiger partial charge in [0.15, 0.2) is 0 Å². The number of thioether (sulfide) groups is 1. The van der Waals surface area contributed by atoms with Crippen LogP contribution in [0.3, 0.4) is 0 Å². The number of nitrogens with zero attached hydrogens (tertiary/aromatic N) is 1. The minimum atomic E-state index is -0.871. The highest BCUT2D eigenvalue weighted by atomic mass is 32.2. The number of ether oxygens (including phenoxy) is 1. The highest BCUT2D eigenvalue weighted by Gasteiger charge is 2.38. The smallest absolute Gasteiger partial charge is 0.408 e. The van der Waals surface area contributed by atoms with Gasteiger partial charge in [0, 0.05) is 12.6 Å². The maximum Gasteiger partial charge on any atom is 0.408 e. The number of aryl methyl sites for hydroxylation is 2. The van der Waals surface area contributed by atoms with E-state index in [-0.39, 0.29) is 17.9 Å². The molecule has 2 N–H and O–H groups in total. The first-order chi connectivity index (χ1) is 17.8. The SMILES string of the molecule is CSCCC(NC(=O)OC(C)(C)C)C(=O)N(C(C)C)C(C(=O)NCc1ccccc1)c1ccc(C)cc1C. The van der Waals surface area contributed by atoms with Crippen molar-refractivity contribution in [2.45, 2.75) is 85.2 Å². The Morgan fingerprint density at radius 1 is 1.03 bits per heavy atom. The average molecular weight is 542 g/mol. The van der Waals surface area contributed by atoms with Crippen LogP contribution in [-0.4, -0.2) is 52.5 Å². The summed E-state index contributed by atoms with van der Waals surface area (Å²) in [6, 6.07) is 13.5. The molecule has 0 aliphatic heterocycles. The molecular formula is C30H43N3O4S. The number of carbonyl (C=O) groups is 3. The van der Waals surface area contributed by atoms with E-state index in [0.717, 1.165) is 22.3 Å². The van der Waals surface area contributed by atoms with Gasteiger partial charge < -0.3 is 20.3 Å². The van der Waals surface area contributed by atoms with Crippen molar-refractivity contribution in [3.8, 4) is 0 Å². The summed E-state index contributed by atoms with van der Waals surface area (Å²) in [6.45, 7) is 13.4. The van der Waals surface area contributed by atoms with Crippen LogP contribution in [0.2, 0.25) is 0 Å². The first-order valence-electron chi connectivity index (χ1n) is 13.0. The van der Waals surface area contributed by atoms with E-state index in [1.165, 1.54) is 0 Å². The van der Waals surface area contributed by atoms with E-state index in [0.29, 0.717) is 18.7 Å². The lowest BCUT2D eigenvalue weighted by atomic mass is 9.95. The number of hydrogen-bond acceptors (Lipinski definition) is 5. The van der Waals surface area contributed by atoms with Gasteiger partial charge in [-0.1, -0.05) is 54.1 Å². The van der Waals surface area contributed by atoms with E-state index in [1.807, 2.05) is 82.5 Å². The van der Waals surface area contributed by atoms with Crippen molar-refractivity contribution in [2.24, 2.45) is 0 Å². The van der Waals surface area contributed by atoms with E-state index in [9.17, 15) is 14.4 Å². The molecule has 0 saturated carbocycles. The van der Waals surface area contributed by atoms with Gasteiger partial charge in [-0.3, -0.25) is 9.59 Å². The molecule has 3 amide bonds. The van der Waals surface area contributed by atoms with Gasteiger partial charge in [0.1, 0.15) is 17.7 Å². The van der Waals surface area contributed by atoms with E-state index in [1.54, 1.807) is 37.4 Å². The molecule has 0 radical (unpaired) electrons. The summed E-state index contributed by atoms with van der Waals surface area (Å²) >= 11 is 1.59. The summed E-state index contributed by atoms with van der Waals surface area (Å²) in [5.41, 5.74) is 3.01. The van der Waals surface area contributed by atoms with Gasteiger partial charge in [0.05, 0.1) is 0 Å². The zero-order valence-electron chi connectivity index (χ0n) is 24.0. The van der Waals surface area contributed by atoms with Crippen LogP contribution in [0, 0.1) is 13.8 Å². The first kappa shape index (κ1) is 31.2. The molecule has 0 saturated heterocycles. The molecule has 38 heavy (non-hydrogen) atoms.